The van der Waals surface area contributed by atoms with Gasteiger partial charge in [0, 0.05) is 40.8 Å². The molecule has 1 aliphatic heterocycles. The van der Waals surface area contributed by atoms with Gasteiger partial charge in [0.05, 0.1) is 11.3 Å². The molecule has 2 unspecified atom stereocenters. The zero-order chi connectivity index (χ0) is 19.2. The highest BCUT2D eigenvalue weighted by Gasteiger charge is 2.57. The minimum absolute atomic E-state index is 0.0982. The van der Waals surface area contributed by atoms with Crippen LogP contribution in [0.3, 0.4) is 0 Å². The number of aromatic nitrogens is 2. The van der Waals surface area contributed by atoms with E-state index in [9.17, 15) is 10.1 Å². The van der Waals surface area contributed by atoms with Gasteiger partial charge in [-0.2, -0.15) is 5.10 Å². The minimum Gasteiger partial charge on any atom is -0.428 e. The van der Waals surface area contributed by atoms with Crippen LogP contribution >= 0.6 is 0 Å². The van der Waals surface area contributed by atoms with Crippen molar-refractivity contribution in [2.24, 2.45) is 28.8 Å². The van der Waals surface area contributed by atoms with Gasteiger partial charge in [-0.15, -0.1) is 0 Å². The lowest BCUT2D eigenvalue weighted by Crippen LogP contribution is -2.60. The third-order valence-electron chi connectivity index (χ3n) is 7.71. The molecular weight excluding hydrogens is 351 g/mol. The smallest absolute Gasteiger partial charge is 0.428 e. The minimum atomic E-state index is -0.772. The number of aromatic amines is 1. The molecule has 7 heteroatoms. The Balaban J connectivity index is 1.54. The van der Waals surface area contributed by atoms with Gasteiger partial charge in [0.1, 0.15) is 5.65 Å². The van der Waals surface area contributed by atoms with Gasteiger partial charge in [0.15, 0.2) is 0 Å². The molecule has 28 heavy (non-hydrogen) atoms. The second kappa shape index (κ2) is 5.60. The van der Waals surface area contributed by atoms with Gasteiger partial charge in [-0.3, -0.25) is 0 Å². The van der Waals surface area contributed by atoms with Crippen molar-refractivity contribution in [1.29, 1.82) is 0 Å². The van der Waals surface area contributed by atoms with Crippen LogP contribution in [0.2, 0.25) is 0 Å². The molecule has 0 aromatic carbocycles. The Bertz CT molecular complexity index is 970. The summed E-state index contributed by atoms with van der Waals surface area (Å²) >= 11 is 0. The molecule has 4 saturated carbocycles. The number of aliphatic hydroxyl groups is 1. The van der Waals surface area contributed by atoms with Gasteiger partial charge in [-0.25, -0.2) is 4.98 Å². The zero-order valence-electron chi connectivity index (χ0n) is 16.5. The maximum absolute atomic E-state index is 11.0. The highest BCUT2D eigenvalue weighted by Crippen LogP contribution is 2.59. The summed E-state index contributed by atoms with van der Waals surface area (Å²) < 4.78 is 0. The fourth-order valence-electron chi connectivity index (χ4n) is 6.94. The molecule has 6 nitrogen and oxygen atoms in total. The molecule has 3 heterocycles. The number of nitrogens with zero attached hydrogens (tertiary/aromatic N) is 3. The maximum atomic E-state index is 11.0. The van der Waals surface area contributed by atoms with Crippen LogP contribution in [0.1, 0.15) is 51.5 Å². The highest BCUT2D eigenvalue weighted by molar-refractivity contribution is 6.66. The normalized spacial score (nSPS) is 36.4. The Kier molecular flexibility index (Phi) is 3.41. The summed E-state index contributed by atoms with van der Waals surface area (Å²) in [5.74, 6) is 1.98. The lowest BCUT2D eigenvalue weighted by Gasteiger charge is -2.58. The molecule has 4 fully saturated rings. The second-order valence-electron chi connectivity index (χ2n) is 9.88. The van der Waals surface area contributed by atoms with E-state index in [1.165, 1.54) is 12.8 Å². The number of hydrogen-bond acceptors (Lipinski definition) is 5. The molecule has 146 valence electrons. The van der Waals surface area contributed by atoms with Crippen molar-refractivity contribution >= 4 is 29.3 Å². The van der Waals surface area contributed by atoms with Crippen molar-refractivity contribution < 1.29 is 10.1 Å². The van der Waals surface area contributed by atoms with Crippen molar-refractivity contribution in [2.75, 3.05) is 0 Å². The zero-order valence-corrected chi connectivity index (χ0v) is 16.5. The van der Waals surface area contributed by atoms with Crippen LogP contribution in [0.5, 0.6) is 0 Å². The van der Waals surface area contributed by atoms with Crippen LogP contribution in [-0.2, 0) is 0 Å². The van der Waals surface area contributed by atoms with Crippen LogP contribution in [-0.4, -0.2) is 49.4 Å². The molecule has 0 spiro atoms. The molecule has 0 radical (unpaired) electrons. The van der Waals surface area contributed by atoms with Gasteiger partial charge in [0.2, 0.25) is 0 Å². The molecule has 4 bridgehead atoms. The van der Waals surface area contributed by atoms with Crippen LogP contribution in [0.15, 0.2) is 23.6 Å². The largest absolute Gasteiger partial charge is 0.468 e. The molecule has 7 rings (SSSR count). The van der Waals surface area contributed by atoms with E-state index in [2.05, 4.69) is 29.9 Å². The first-order chi connectivity index (χ1) is 13.4. The van der Waals surface area contributed by atoms with Gasteiger partial charge in [0.25, 0.3) is 0 Å². The standard InChI is InChI=1S/C21H27BN4O2/c1-11(2)26-22(28)16-10-24-20-15(3-4-23-20)18(16)19(25-26)17-13-5-12-6-14(17)9-21(27,7-12)8-13/h3-4,10-14,17,27-28H,5-9H2,1-2H3,(H,23,24)/t12?,13-,14?,17+,21+/m1/s1. The molecule has 0 amide bonds. The Labute approximate surface area is 165 Å². The number of nitrogens with one attached hydrogen (secondary N) is 1. The molecule has 4 aliphatic carbocycles. The van der Waals surface area contributed by atoms with Crippen molar-refractivity contribution in [3.8, 4) is 0 Å². The molecule has 2 aromatic rings. The fourth-order valence-corrected chi connectivity index (χ4v) is 6.94. The predicted octanol–water partition coefficient (Wildman–Crippen LogP) is 1.87. The third-order valence-corrected chi connectivity index (χ3v) is 7.71. The molecule has 5 aliphatic rings. The predicted molar refractivity (Wildman–Crippen MR) is 109 cm³/mol. The monoisotopic (exact) mass is 378 g/mol. The molecule has 2 aromatic heterocycles. The van der Waals surface area contributed by atoms with E-state index in [0.29, 0.717) is 23.7 Å². The lowest BCUT2D eigenvalue weighted by molar-refractivity contribution is -0.138. The van der Waals surface area contributed by atoms with E-state index < -0.39 is 12.7 Å². The summed E-state index contributed by atoms with van der Waals surface area (Å²) in [5, 5.41) is 28.2. The summed E-state index contributed by atoms with van der Waals surface area (Å²) in [6.07, 6.45) is 8.89. The number of rotatable bonds is 2. The summed E-state index contributed by atoms with van der Waals surface area (Å²) in [6.45, 7) is 4.13. The second-order valence-corrected chi connectivity index (χ2v) is 9.88. The highest BCUT2D eigenvalue weighted by atomic mass is 16.3. The fraction of sp³-hybridized carbons (Fsp3) is 0.619. The first-order valence-electron chi connectivity index (χ1n) is 10.7. The van der Waals surface area contributed by atoms with Crippen LogP contribution in [0, 0.1) is 23.7 Å². The molecule has 3 N–H and O–H groups in total. The number of hydrazone groups is 1. The van der Waals surface area contributed by atoms with E-state index in [4.69, 9.17) is 5.10 Å². The number of fused-ring (bicyclic) bond motifs is 3. The van der Waals surface area contributed by atoms with Crippen molar-refractivity contribution in [1.82, 2.24) is 14.9 Å². The van der Waals surface area contributed by atoms with Gasteiger partial charge in [-0.1, -0.05) is 0 Å². The maximum Gasteiger partial charge on any atom is 0.468 e. The summed E-state index contributed by atoms with van der Waals surface area (Å²) in [4.78, 5) is 9.59. The van der Waals surface area contributed by atoms with Crippen molar-refractivity contribution in [3.63, 3.8) is 0 Å². The summed E-state index contributed by atoms with van der Waals surface area (Å²) in [7, 11) is -0.772. The van der Waals surface area contributed by atoms with Crippen LogP contribution in [0.25, 0.3) is 11.0 Å². The van der Waals surface area contributed by atoms with E-state index in [0.717, 1.165) is 47.0 Å². The van der Waals surface area contributed by atoms with Crippen molar-refractivity contribution in [2.45, 2.75) is 57.6 Å². The Hall–Kier alpha value is -1.86. The van der Waals surface area contributed by atoms with Gasteiger partial charge < -0.3 is 20.0 Å². The van der Waals surface area contributed by atoms with Gasteiger partial charge in [-0.05, 0) is 69.8 Å². The third kappa shape index (κ3) is 2.23. The molecule has 0 saturated heterocycles. The Morgan fingerprint density at radius 2 is 2.00 bits per heavy atom. The molecular formula is C21H27BN4O2. The van der Waals surface area contributed by atoms with E-state index >= 15 is 0 Å². The van der Waals surface area contributed by atoms with Crippen LogP contribution in [0.4, 0.5) is 0 Å². The average molecular weight is 378 g/mol. The Morgan fingerprint density at radius 1 is 1.25 bits per heavy atom. The first kappa shape index (κ1) is 17.0. The lowest BCUT2D eigenvalue weighted by atomic mass is 9.48. The Morgan fingerprint density at radius 3 is 2.68 bits per heavy atom. The van der Waals surface area contributed by atoms with Crippen molar-refractivity contribution in [3.05, 3.63) is 24.0 Å². The number of hydrogen-bond donors (Lipinski definition) is 3. The van der Waals surface area contributed by atoms with E-state index in [1.807, 2.05) is 17.3 Å². The quantitative estimate of drug-likeness (QED) is 0.697. The molecule has 5 atom stereocenters. The van der Waals surface area contributed by atoms with E-state index in [-0.39, 0.29) is 6.04 Å². The van der Waals surface area contributed by atoms with Gasteiger partial charge >= 0.3 is 7.05 Å². The number of pyridine rings is 1. The first-order valence-corrected chi connectivity index (χ1v) is 10.7. The topological polar surface area (TPSA) is 84.7 Å². The SMILES string of the molecule is CC(C)N1N=C([C@@H]2C3CC4C[C@@H]2C[C@@](O)(C4)C3)c2c(cnc3[nH]ccc23)B1O. The van der Waals surface area contributed by atoms with Crippen LogP contribution < -0.4 is 5.46 Å². The van der Waals surface area contributed by atoms with E-state index in [1.54, 1.807) is 0 Å². The summed E-state index contributed by atoms with van der Waals surface area (Å²) in [5.41, 5.74) is 3.43. The summed E-state index contributed by atoms with van der Waals surface area (Å²) in [6, 6.07) is 2.15. The average Bonchev–Trinajstić information content (AvgIpc) is 3.10. The number of H-pyrrole nitrogens is 1.